The number of fused-ring (bicyclic) bond motifs is 1. The van der Waals surface area contributed by atoms with Crippen LogP contribution in [0.25, 0.3) is 0 Å². The molecule has 5 fully saturated rings. The fourth-order valence-electron chi connectivity index (χ4n) is 8.34. The van der Waals surface area contributed by atoms with E-state index < -0.39 is 17.8 Å². The van der Waals surface area contributed by atoms with Gasteiger partial charge < -0.3 is 10.2 Å². The van der Waals surface area contributed by atoms with Gasteiger partial charge in [-0.2, -0.15) is 0 Å². The fraction of sp³-hybridized carbons (Fsp3) is 0.700. The number of imide groups is 1. The Hall–Kier alpha value is -1.93. The van der Waals surface area contributed by atoms with Gasteiger partial charge in [0.1, 0.15) is 11.9 Å². The summed E-state index contributed by atoms with van der Waals surface area (Å²) in [6, 6.07) is 2.12. The van der Waals surface area contributed by atoms with Crippen LogP contribution in [-0.2, 0) is 16.1 Å². The molecule has 2 aliphatic heterocycles. The fourth-order valence-corrected chi connectivity index (χ4v) is 9.46. The highest BCUT2D eigenvalue weighted by molar-refractivity contribution is 7.99. The third-order valence-corrected chi connectivity index (χ3v) is 10.9. The second-order valence-corrected chi connectivity index (χ2v) is 13.7. The zero-order valence-electron chi connectivity index (χ0n) is 22.2. The molecule has 6 nitrogen and oxygen atoms in total. The minimum atomic E-state index is -0.675. The summed E-state index contributed by atoms with van der Waals surface area (Å²) in [6.07, 6.45) is 15.2. The third kappa shape index (κ3) is 5.40. The molecule has 0 radical (unpaired) electrons. The van der Waals surface area contributed by atoms with Crippen molar-refractivity contribution in [2.75, 3.05) is 12.3 Å². The van der Waals surface area contributed by atoms with Gasteiger partial charge in [0.25, 0.3) is 5.91 Å². The topological polar surface area (TPSA) is 78.5 Å². The van der Waals surface area contributed by atoms with Crippen LogP contribution in [0, 0.1) is 23.6 Å². The molecule has 8 heteroatoms. The van der Waals surface area contributed by atoms with E-state index in [4.69, 9.17) is 0 Å². The Balaban J connectivity index is 0.918. The van der Waals surface area contributed by atoms with Gasteiger partial charge in [0.2, 0.25) is 11.8 Å². The number of halogens is 1. The number of nitrogens with zero attached hydrogens (tertiary/aromatic N) is 1. The van der Waals surface area contributed by atoms with Crippen molar-refractivity contribution in [1.82, 2.24) is 15.5 Å². The number of benzene rings is 1. The van der Waals surface area contributed by atoms with Crippen LogP contribution in [0.5, 0.6) is 0 Å². The first kappa shape index (κ1) is 26.3. The number of piperidine rings is 1. The molecule has 1 aromatic carbocycles. The summed E-state index contributed by atoms with van der Waals surface area (Å²) in [5.74, 6) is 2.36. The lowest BCUT2D eigenvalue weighted by molar-refractivity contribution is -0.136. The molecule has 4 bridgehead atoms. The van der Waals surface area contributed by atoms with Crippen LogP contribution in [-0.4, -0.2) is 46.5 Å². The van der Waals surface area contributed by atoms with Crippen molar-refractivity contribution in [1.29, 1.82) is 0 Å². The quantitative estimate of drug-likeness (QED) is 0.229. The van der Waals surface area contributed by atoms with Crippen LogP contribution < -0.4 is 10.6 Å². The van der Waals surface area contributed by atoms with Crippen molar-refractivity contribution < 1.29 is 18.8 Å². The van der Waals surface area contributed by atoms with Gasteiger partial charge in [0.05, 0.1) is 0 Å². The summed E-state index contributed by atoms with van der Waals surface area (Å²) < 4.78 is 14.4. The van der Waals surface area contributed by atoms with E-state index in [2.05, 4.69) is 10.6 Å². The van der Waals surface area contributed by atoms with Crippen molar-refractivity contribution in [2.24, 2.45) is 17.8 Å². The minimum Gasteiger partial charge on any atom is -0.322 e. The van der Waals surface area contributed by atoms with E-state index >= 15 is 0 Å². The van der Waals surface area contributed by atoms with Crippen LogP contribution in [0.15, 0.2) is 17.0 Å². The average Bonchev–Trinajstić information content (AvgIpc) is 3.18. The van der Waals surface area contributed by atoms with Crippen molar-refractivity contribution in [3.63, 3.8) is 0 Å². The number of hydrogen-bond acceptors (Lipinski definition) is 5. The van der Waals surface area contributed by atoms with Gasteiger partial charge in [-0.15, -0.1) is 11.8 Å². The number of carbonyl (C=O) groups excluding carboxylic acids is 3. The molecule has 0 spiro atoms. The first-order valence-electron chi connectivity index (χ1n) is 14.7. The van der Waals surface area contributed by atoms with E-state index in [1.54, 1.807) is 11.8 Å². The molecule has 38 heavy (non-hydrogen) atoms. The number of carbonyl (C=O) groups is 3. The van der Waals surface area contributed by atoms with Gasteiger partial charge in [-0.3, -0.25) is 19.7 Å². The van der Waals surface area contributed by atoms with Crippen molar-refractivity contribution in [3.8, 4) is 0 Å². The van der Waals surface area contributed by atoms with Crippen molar-refractivity contribution in [3.05, 3.63) is 29.1 Å². The Labute approximate surface area is 229 Å². The van der Waals surface area contributed by atoms with Gasteiger partial charge in [0.15, 0.2) is 0 Å². The average molecular weight is 542 g/mol. The zero-order chi connectivity index (χ0) is 26.3. The van der Waals surface area contributed by atoms with E-state index in [9.17, 15) is 18.8 Å². The monoisotopic (exact) mass is 541 g/mol. The number of hydrogen-bond donors (Lipinski definition) is 2. The lowest BCUT2D eigenvalue weighted by Gasteiger charge is -2.57. The maximum Gasteiger partial charge on any atom is 0.255 e. The Morgan fingerprint density at radius 1 is 0.974 bits per heavy atom. The molecule has 206 valence electrons. The summed E-state index contributed by atoms with van der Waals surface area (Å²) >= 11 is 1.61. The first-order chi connectivity index (χ1) is 18.4. The Morgan fingerprint density at radius 3 is 2.37 bits per heavy atom. The van der Waals surface area contributed by atoms with E-state index in [-0.39, 0.29) is 18.2 Å². The van der Waals surface area contributed by atoms with Crippen LogP contribution in [0.4, 0.5) is 4.39 Å². The Morgan fingerprint density at radius 2 is 1.66 bits per heavy atom. The predicted octanol–water partition coefficient (Wildman–Crippen LogP) is 5.19. The zero-order valence-corrected chi connectivity index (χ0v) is 23.1. The predicted molar refractivity (Wildman–Crippen MR) is 145 cm³/mol. The van der Waals surface area contributed by atoms with Gasteiger partial charge in [-0.05, 0) is 106 Å². The van der Waals surface area contributed by atoms with Gasteiger partial charge in [-0.1, -0.05) is 19.3 Å². The maximum atomic E-state index is 14.4. The highest BCUT2D eigenvalue weighted by Crippen LogP contribution is 2.55. The van der Waals surface area contributed by atoms with Crippen molar-refractivity contribution in [2.45, 2.75) is 106 Å². The highest BCUT2D eigenvalue weighted by atomic mass is 32.2. The van der Waals surface area contributed by atoms with Crippen LogP contribution >= 0.6 is 11.8 Å². The lowest BCUT2D eigenvalue weighted by Crippen LogP contribution is -2.58. The number of thioether (sulfide) groups is 1. The summed E-state index contributed by atoms with van der Waals surface area (Å²) in [5, 5.41) is 6.32. The molecular formula is C30H40FN3O3S. The molecule has 6 aliphatic rings. The maximum absolute atomic E-state index is 14.4. The minimum absolute atomic E-state index is 0.213. The molecule has 1 atom stereocenters. The number of nitrogens with one attached hydrogen (secondary N) is 2. The summed E-state index contributed by atoms with van der Waals surface area (Å²) in [4.78, 5) is 39.1. The molecule has 1 unspecified atom stereocenters. The smallest absolute Gasteiger partial charge is 0.255 e. The largest absolute Gasteiger partial charge is 0.322 e. The standard InChI is InChI=1S/C30H40FN3O3S/c31-22-13-23-24(18-34(29(23)37)25-6-7-27(35)33-28(25)36)26(14-22)38-9-5-3-1-2-4-8-32-30-15-19-10-20(16-30)12-21(11-19)17-30/h13-14,19-21,25,32H,1-12,15-18H2,(H,33,35,36). The molecule has 3 amide bonds. The Kier molecular flexibility index (Phi) is 7.55. The third-order valence-electron chi connectivity index (χ3n) is 9.70. The SMILES string of the molecule is O=C1CCC(N2Cc3c(SCCCCCCCNC45CC6CC(CC(C6)C4)C5)cc(F)cc3C2=O)C(=O)N1. The van der Waals surface area contributed by atoms with Gasteiger partial charge in [-0.25, -0.2) is 4.39 Å². The molecule has 2 N–H and O–H groups in total. The van der Waals surface area contributed by atoms with Crippen molar-refractivity contribution >= 4 is 29.5 Å². The summed E-state index contributed by atoms with van der Waals surface area (Å²) in [6.45, 7) is 1.44. The lowest BCUT2D eigenvalue weighted by atomic mass is 9.53. The number of rotatable bonds is 11. The van der Waals surface area contributed by atoms with Gasteiger partial charge in [0, 0.05) is 29.0 Å². The molecular weight excluding hydrogens is 501 g/mol. The molecule has 4 saturated carbocycles. The molecule has 7 rings (SSSR count). The highest BCUT2D eigenvalue weighted by Gasteiger charge is 2.50. The Bertz CT molecular complexity index is 1070. The van der Waals surface area contributed by atoms with E-state index in [1.807, 2.05) is 0 Å². The molecule has 0 aromatic heterocycles. The molecule has 1 aromatic rings. The normalized spacial score (nSPS) is 31.7. The molecule has 1 saturated heterocycles. The van der Waals surface area contributed by atoms with E-state index in [1.165, 1.54) is 74.8 Å². The second-order valence-electron chi connectivity index (χ2n) is 12.6. The van der Waals surface area contributed by atoms with Crippen LogP contribution in [0.2, 0.25) is 0 Å². The van der Waals surface area contributed by atoms with Crippen LogP contribution in [0.1, 0.15) is 99.4 Å². The first-order valence-corrected chi connectivity index (χ1v) is 15.7. The number of unbranched alkanes of at least 4 members (excludes halogenated alkanes) is 4. The number of amides is 3. The summed E-state index contributed by atoms with van der Waals surface area (Å²) in [7, 11) is 0. The molecule has 4 aliphatic carbocycles. The second kappa shape index (κ2) is 10.9. The summed E-state index contributed by atoms with van der Waals surface area (Å²) in [5.41, 5.74) is 1.62. The van der Waals surface area contributed by atoms with Crippen LogP contribution in [0.3, 0.4) is 0 Å². The van der Waals surface area contributed by atoms with E-state index in [0.717, 1.165) is 53.4 Å². The molecule has 2 heterocycles. The van der Waals surface area contributed by atoms with Gasteiger partial charge >= 0.3 is 0 Å². The van der Waals surface area contributed by atoms with E-state index in [0.29, 0.717) is 24.1 Å².